The van der Waals surface area contributed by atoms with Crippen molar-refractivity contribution in [3.63, 3.8) is 0 Å². The normalized spacial score (nSPS) is 23.3. The Kier molecular flexibility index (Phi) is 8.02. The number of hydrogen-bond acceptors (Lipinski definition) is 2. The summed E-state index contributed by atoms with van der Waals surface area (Å²) in [4.78, 5) is 0. The lowest BCUT2D eigenvalue weighted by molar-refractivity contribution is -0.452. The van der Waals surface area contributed by atoms with Crippen molar-refractivity contribution in [1.29, 1.82) is 0 Å². The molecule has 0 aliphatic carbocycles. The summed E-state index contributed by atoms with van der Waals surface area (Å²) >= 11 is 0. The Bertz CT molecular complexity index is 1120. The Morgan fingerprint density at radius 3 is 1.17 bits per heavy atom. The molecule has 0 spiro atoms. The average Bonchev–Trinajstić information content (AvgIpc) is 3.71. The Morgan fingerprint density at radius 2 is 0.833 bits per heavy atom. The highest BCUT2D eigenvalue weighted by atomic mass is 31.2. The average molecular weight is 686 g/mol. The summed E-state index contributed by atoms with van der Waals surface area (Å²) < 4.78 is 238. The van der Waals surface area contributed by atoms with E-state index >= 15 is 0 Å². The molecule has 0 amide bonds. The van der Waals surface area contributed by atoms with Crippen LogP contribution in [0.2, 0.25) is 0 Å². The van der Waals surface area contributed by atoms with Gasteiger partial charge in [0.2, 0.25) is 14.9 Å². The topological polar surface area (TPSA) is 46.2 Å². The van der Waals surface area contributed by atoms with Crippen LogP contribution in [0, 0.1) is 0 Å². The van der Waals surface area contributed by atoms with E-state index < -0.39 is 81.3 Å². The SMILES string of the molecule is O=P(CC[C@H](CC(F)(F)C(F)(F)C(F)(F)C(F)(F)C(F)(F)C(F)(F)C(F)(F)F)P(=O)(N1CC1)N1CC1)(N1CC1)N1CC1. The van der Waals surface area contributed by atoms with Gasteiger partial charge in [-0.2, -0.15) is 65.9 Å². The second-order valence-electron chi connectivity index (χ2n) is 10.5. The van der Waals surface area contributed by atoms with Crippen molar-refractivity contribution >= 4 is 14.9 Å². The van der Waals surface area contributed by atoms with Crippen LogP contribution in [0.5, 0.6) is 0 Å². The maximum absolute atomic E-state index is 15.0. The van der Waals surface area contributed by atoms with Crippen LogP contribution >= 0.6 is 14.9 Å². The summed E-state index contributed by atoms with van der Waals surface area (Å²) in [5.74, 6) is -47.1. The van der Waals surface area contributed by atoms with Crippen molar-refractivity contribution in [3.8, 4) is 0 Å². The number of rotatable bonds is 15. The van der Waals surface area contributed by atoms with Gasteiger partial charge in [-0.15, -0.1) is 0 Å². The number of hydrogen-bond donors (Lipinski definition) is 0. The highest BCUT2D eigenvalue weighted by molar-refractivity contribution is 7.61. The summed E-state index contributed by atoms with van der Waals surface area (Å²) in [6.45, 7) is 0.983. The minimum Gasteiger partial charge on any atom is -0.289 e. The number of nitrogens with zero attached hydrogens (tertiary/aromatic N) is 4. The largest absolute Gasteiger partial charge is 0.460 e. The van der Waals surface area contributed by atoms with Crippen LogP contribution in [0.3, 0.4) is 0 Å². The zero-order chi connectivity index (χ0) is 32.2. The zero-order valence-electron chi connectivity index (χ0n) is 21.0. The van der Waals surface area contributed by atoms with Crippen LogP contribution in [-0.4, -0.2) is 125 Å². The van der Waals surface area contributed by atoms with Gasteiger partial charge in [-0.3, -0.25) is 9.13 Å². The highest BCUT2D eigenvalue weighted by Crippen LogP contribution is 2.70. The van der Waals surface area contributed by atoms with Crippen molar-refractivity contribution in [3.05, 3.63) is 0 Å². The second-order valence-corrected chi connectivity index (χ2v) is 16.5. The molecule has 0 aromatic carbocycles. The minimum atomic E-state index is -8.38. The highest BCUT2D eigenvalue weighted by Gasteiger charge is 2.93. The van der Waals surface area contributed by atoms with E-state index in [9.17, 15) is 75.0 Å². The number of halogens is 15. The van der Waals surface area contributed by atoms with E-state index in [0.29, 0.717) is 26.2 Å². The van der Waals surface area contributed by atoms with E-state index in [4.69, 9.17) is 0 Å². The van der Waals surface area contributed by atoms with Crippen LogP contribution < -0.4 is 0 Å². The van der Waals surface area contributed by atoms with Gasteiger partial charge in [-0.25, -0.2) is 18.7 Å². The third-order valence-corrected chi connectivity index (χ3v) is 14.7. The van der Waals surface area contributed by atoms with Crippen LogP contribution in [0.1, 0.15) is 12.8 Å². The van der Waals surface area contributed by atoms with E-state index in [0.717, 1.165) is 9.34 Å². The molecular weight excluding hydrogens is 663 g/mol. The molecule has 42 heavy (non-hydrogen) atoms. The molecule has 4 aliphatic heterocycles. The molecule has 4 saturated heterocycles. The third kappa shape index (κ3) is 5.09. The predicted octanol–water partition coefficient (Wildman–Crippen LogP) is 6.16. The fourth-order valence-corrected chi connectivity index (χ4v) is 11.4. The molecule has 6 nitrogen and oxygen atoms in total. The van der Waals surface area contributed by atoms with Gasteiger partial charge in [0.25, 0.3) is 0 Å². The fraction of sp³-hybridized carbons (Fsp3) is 1.00. The van der Waals surface area contributed by atoms with Crippen molar-refractivity contribution in [1.82, 2.24) is 18.7 Å². The van der Waals surface area contributed by atoms with Crippen LogP contribution in [-0.2, 0) is 9.13 Å². The van der Waals surface area contributed by atoms with Crippen LogP contribution in [0.4, 0.5) is 65.9 Å². The van der Waals surface area contributed by atoms with E-state index in [1.807, 2.05) is 0 Å². The van der Waals surface area contributed by atoms with E-state index in [1.54, 1.807) is 0 Å². The molecule has 0 unspecified atom stereocenters. The molecule has 0 saturated carbocycles. The molecule has 4 heterocycles. The molecule has 0 bridgehead atoms. The van der Waals surface area contributed by atoms with Crippen LogP contribution in [0.15, 0.2) is 0 Å². The van der Waals surface area contributed by atoms with Gasteiger partial charge < -0.3 is 0 Å². The van der Waals surface area contributed by atoms with Crippen molar-refractivity contribution < 1.29 is 75.0 Å². The Hall–Kier alpha value is -0.750. The Balaban J connectivity index is 1.68. The summed E-state index contributed by atoms with van der Waals surface area (Å²) in [6.07, 6.45) is -11.8. The first-order valence-corrected chi connectivity index (χ1v) is 15.8. The van der Waals surface area contributed by atoms with E-state index in [-0.39, 0.29) is 26.2 Å². The molecular formula is C19H23F15N4O2P2. The summed E-state index contributed by atoms with van der Waals surface area (Å²) in [7, 11) is -7.84. The van der Waals surface area contributed by atoms with Gasteiger partial charge in [0, 0.05) is 70.6 Å². The van der Waals surface area contributed by atoms with Gasteiger partial charge >= 0.3 is 41.7 Å². The lowest BCUT2D eigenvalue weighted by Gasteiger charge is -2.42. The molecule has 23 heteroatoms. The van der Waals surface area contributed by atoms with E-state index in [2.05, 4.69) is 0 Å². The monoisotopic (exact) mass is 686 g/mol. The molecule has 0 N–H and O–H groups in total. The van der Waals surface area contributed by atoms with Gasteiger partial charge in [0.05, 0.1) is 0 Å². The summed E-state index contributed by atoms with van der Waals surface area (Å²) in [5.41, 5.74) is -2.28. The first kappa shape index (κ1) is 34.1. The number of alkyl halides is 15. The molecule has 4 aliphatic rings. The zero-order valence-corrected chi connectivity index (χ0v) is 22.8. The first-order chi connectivity index (χ1) is 18.7. The van der Waals surface area contributed by atoms with Crippen molar-refractivity contribution in [2.45, 2.75) is 60.2 Å². The van der Waals surface area contributed by atoms with Crippen molar-refractivity contribution in [2.24, 2.45) is 0 Å². The third-order valence-electron chi connectivity index (χ3n) is 7.50. The lowest BCUT2D eigenvalue weighted by atomic mass is 9.89. The van der Waals surface area contributed by atoms with Gasteiger partial charge in [0.1, 0.15) is 0 Å². The van der Waals surface area contributed by atoms with Crippen LogP contribution in [0.25, 0.3) is 0 Å². The molecule has 246 valence electrons. The maximum atomic E-state index is 15.0. The smallest absolute Gasteiger partial charge is 0.289 e. The molecule has 4 rings (SSSR count). The quantitative estimate of drug-likeness (QED) is 0.117. The molecule has 1 atom stereocenters. The molecule has 4 fully saturated rings. The first-order valence-electron chi connectivity index (χ1n) is 12.3. The second kappa shape index (κ2) is 9.87. The fourth-order valence-electron chi connectivity index (χ4n) is 4.61. The minimum absolute atomic E-state index is 0.0465. The summed E-state index contributed by atoms with van der Waals surface area (Å²) in [5, 5.41) is 0. The van der Waals surface area contributed by atoms with Crippen molar-refractivity contribution in [2.75, 3.05) is 58.5 Å². The lowest BCUT2D eigenvalue weighted by Crippen LogP contribution is -2.72. The molecule has 0 aromatic rings. The van der Waals surface area contributed by atoms with Gasteiger partial charge in [-0.05, 0) is 6.42 Å². The predicted molar refractivity (Wildman–Crippen MR) is 115 cm³/mol. The molecule has 0 aromatic heterocycles. The van der Waals surface area contributed by atoms with Gasteiger partial charge in [-0.1, -0.05) is 0 Å². The van der Waals surface area contributed by atoms with Gasteiger partial charge in [0.15, 0.2) is 0 Å². The Morgan fingerprint density at radius 1 is 0.500 bits per heavy atom. The van der Waals surface area contributed by atoms with E-state index in [1.165, 1.54) is 9.34 Å². The standard InChI is InChI=1S/C19H23F15N4O2P2/c20-13(21,14(22,23)15(24,25)16(26,27)17(28,29)18(30,31)19(32,33)34)11-12(42(40,37-6-7-37)38-8-9-38)1-10-41(39,35-2-3-35)36-4-5-36/h12H,1-11H2/t12-/m1/s1. The summed E-state index contributed by atoms with van der Waals surface area (Å²) in [6, 6.07) is 0. The Labute approximate surface area is 228 Å². The molecule has 0 radical (unpaired) electrons. The maximum Gasteiger partial charge on any atom is 0.460 e.